The smallest absolute Gasteiger partial charge is 0.307 e. The molecule has 0 bridgehead atoms. The second kappa shape index (κ2) is 6.31. The van der Waals surface area contributed by atoms with Crippen LogP contribution in [0.3, 0.4) is 0 Å². The molecule has 4 heteroatoms. The minimum absolute atomic E-state index is 0.205. The van der Waals surface area contributed by atoms with Gasteiger partial charge in [-0.2, -0.15) is 11.8 Å². The van der Waals surface area contributed by atoms with E-state index in [1.165, 1.54) is 0 Å². The van der Waals surface area contributed by atoms with Crippen molar-refractivity contribution in [2.45, 2.75) is 20.0 Å². The van der Waals surface area contributed by atoms with Gasteiger partial charge in [0.05, 0.1) is 12.0 Å². The number of carbonyl (C=O) groups is 1. The van der Waals surface area contributed by atoms with Crippen LogP contribution in [0.1, 0.15) is 13.8 Å². The maximum absolute atomic E-state index is 10.4. The van der Waals surface area contributed by atoms with Crippen LogP contribution in [0, 0.1) is 5.92 Å². The van der Waals surface area contributed by atoms with Crippen molar-refractivity contribution in [1.29, 1.82) is 0 Å². The number of hydrogen-bond donors (Lipinski definition) is 1. The molecule has 3 nitrogen and oxygen atoms in total. The van der Waals surface area contributed by atoms with E-state index in [1.807, 2.05) is 6.92 Å². The van der Waals surface area contributed by atoms with E-state index in [0.29, 0.717) is 5.75 Å². The van der Waals surface area contributed by atoms with Crippen LogP contribution in [-0.2, 0) is 9.53 Å². The van der Waals surface area contributed by atoms with Gasteiger partial charge in [0.25, 0.3) is 0 Å². The van der Waals surface area contributed by atoms with Crippen LogP contribution in [0.2, 0.25) is 0 Å². The van der Waals surface area contributed by atoms with Crippen molar-refractivity contribution in [1.82, 2.24) is 0 Å². The van der Waals surface area contributed by atoms with E-state index in [-0.39, 0.29) is 12.0 Å². The number of aliphatic carboxylic acids is 1. The Morgan fingerprint density at radius 1 is 1.50 bits per heavy atom. The zero-order chi connectivity index (χ0) is 9.56. The highest BCUT2D eigenvalue weighted by molar-refractivity contribution is 7.99. The quantitative estimate of drug-likeness (QED) is 0.692. The van der Waals surface area contributed by atoms with E-state index in [9.17, 15) is 4.79 Å². The number of methoxy groups -OCH3 is 1. The van der Waals surface area contributed by atoms with Gasteiger partial charge in [-0.1, -0.05) is 6.92 Å². The summed E-state index contributed by atoms with van der Waals surface area (Å²) < 4.78 is 5.02. The molecular formula is C8H16O3S. The van der Waals surface area contributed by atoms with Crippen molar-refractivity contribution in [2.75, 3.05) is 18.6 Å². The monoisotopic (exact) mass is 192 g/mol. The first kappa shape index (κ1) is 11.8. The summed E-state index contributed by atoms with van der Waals surface area (Å²) in [5.41, 5.74) is 0. The molecular weight excluding hydrogens is 176 g/mol. The molecule has 0 saturated heterocycles. The van der Waals surface area contributed by atoms with Gasteiger partial charge >= 0.3 is 5.97 Å². The first-order valence-corrected chi connectivity index (χ1v) is 5.06. The lowest BCUT2D eigenvalue weighted by atomic mass is 10.2. The number of carboxylic acid groups (broad SMARTS) is 1. The molecule has 0 rings (SSSR count). The van der Waals surface area contributed by atoms with Gasteiger partial charge in [-0.05, 0) is 6.92 Å². The molecule has 0 radical (unpaired) electrons. The summed E-state index contributed by atoms with van der Waals surface area (Å²) in [5.74, 6) is 0.517. The minimum Gasteiger partial charge on any atom is -0.481 e. The van der Waals surface area contributed by atoms with Gasteiger partial charge in [0.2, 0.25) is 0 Å². The van der Waals surface area contributed by atoms with Gasteiger partial charge in [-0.25, -0.2) is 0 Å². The van der Waals surface area contributed by atoms with E-state index in [0.717, 1.165) is 5.75 Å². The third-order valence-corrected chi connectivity index (χ3v) is 2.99. The molecule has 0 aromatic rings. The van der Waals surface area contributed by atoms with Gasteiger partial charge in [-0.3, -0.25) is 4.79 Å². The van der Waals surface area contributed by atoms with Crippen molar-refractivity contribution in [3.63, 3.8) is 0 Å². The Balaban J connectivity index is 3.37. The van der Waals surface area contributed by atoms with Crippen molar-refractivity contribution >= 4 is 17.7 Å². The fraction of sp³-hybridized carbons (Fsp3) is 0.875. The molecule has 0 saturated carbocycles. The van der Waals surface area contributed by atoms with E-state index >= 15 is 0 Å². The Bertz CT molecular complexity index is 138. The van der Waals surface area contributed by atoms with Gasteiger partial charge in [0, 0.05) is 18.6 Å². The molecule has 0 aromatic carbocycles. The summed E-state index contributed by atoms with van der Waals surface area (Å²) in [5, 5.41) is 8.56. The topological polar surface area (TPSA) is 46.5 Å². The zero-order valence-corrected chi connectivity index (χ0v) is 8.56. The Labute approximate surface area is 77.5 Å². The summed E-state index contributed by atoms with van der Waals surface area (Å²) >= 11 is 1.62. The fourth-order valence-corrected chi connectivity index (χ4v) is 1.65. The van der Waals surface area contributed by atoms with E-state index in [2.05, 4.69) is 0 Å². The second-order valence-electron chi connectivity index (χ2n) is 2.82. The molecule has 0 amide bonds. The van der Waals surface area contributed by atoms with Crippen molar-refractivity contribution in [3.8, 4) is 0 Å². The minimum atomic E-state index is -0.729. The molecule has 0 aliphatic heterocycles. The van der Waals surface area contributed by atoms with Crippen molar-refractivity contribution in [3.05, 3.63) is 0 Å². The molecule has 0 heterocycles. The van der Waals surface area contributed by atoms with Crippen LogP contribution in [0.4, 0.5) is 0 Å². The van der Waals surface area contributed by atoms with E-state index in [4.69, 9.17) is 9.84 Å². The van der Waals surface area contributed by atoms with Crippen LogP contribution in [-0.4, -0.2) is 35.8 Å². The Morgan fingerprint density at radius 2 is 2.08 bits per heavy atom. The van der Waals surface area contributed by atoms with Crippen LogP contribution in [0.15, 0.2) is 0 Å². The van der Waals surface area contributed by atoms with Gasteiger partial charge in [-0.15, -0.1) is 0 Å². The Morgan fingerprint density at radius 3 is 2.50 bits per heavy atom. The number of hydrogen-bond acceptors (Lipinski definition) is 3. The fourth-order valence-electron chi connectivity index (χ4n) is 0.550. The third kappa shape index (κ3) is 5.43. The Hall–Kier alpha value is -0.220. The lowest BCUT2D eigenvalue weighted by Crippen LogP contribution is -2.14. The molecule has 2 atom stereocenters. The summed E-state index contributed by atoms with van der Waals surface area (Å²) in [4.78, 5) is 10.4. The van der Waals surface area contributed by atoms with E-state index < -0.39 is 5.97 Å². The van der Waals surface area contributed by atoms with Gasteiger partial charge in [0.1, 0.15) is 0 Å². The SMILES string of the molecule is COC(C)CSCC(C)C(=O)O. The lowest BCUT2D eigenvalue weighted by Gasteiger charge is -2.09. The molecule has 12 heavy (non-hydrogen) atoms. The average Bonchev–Trinajstić information content (AvgIpc) is 2.03. The van der Waals surface area contributed by atoms with E-state index in [1.54, 1.807) is 25.8 Å². The largest absolute Gasteiger partial charge is 0.481 e. The van der Waals surface area contributed by atoms with Crippen LogP contribution >= 0.6 is 11.8 Å². The predicted octanol–water partition coefficient (Wildman–Crippen LogP) is 1.48. The number of carboxylic acids is 1. The van der Waals surface area contributed by atoms with Crippen molar-refractivity contribution < 1.29 is 14.6 Å². The van der Waals surface area contributed by atoms with Gasteiger partial charge < -0.3 is 9.84 Å². The summed E-state index contributed by atoms with van der Waals surface area (Å²) in [6.45, 7) is 3.69. The molecule has 2 unspecified atom stereocenters. The first-order chi connectivity index (χ1) is 5.57. The number of ether oxygens (including phenoxy) is 1. The van der Waals surface area contributed by atoms with Crippen LogP contribution in [0.25, 0.3) is 0 Å². The molecule has 1 N–H and O–H groups in total. The predicted molar refractivity (Wildman–Crippen MR) is 50.6 cm³/mol. The maximum atomic E-state index is 10.4. The molecule has 0 fully saturated rings. The summed E-state index contributed by atoms with van der Waals surface area (Å²) in [7, 11) is 1.66. The number of thioether (sulfide) groups is 1. The summed E-state index contributed by atoms with van der Waals surface area (Å²) in [6, 6.07) is 0. The molecule has 0 spiro atoms. The lowest BCUT2D eigenvalue weighted by molar-refractivity contribution is -0.140. The van der Waals surface area contributed by atoms with Gasteiger partial charge in [0.15, 0.2) is 0 Å². The first-order valence-electron chi connectivity index (χ1n) is 3.91. The molecule has 72 valence electrons. The van der Waals surface area contributed by atoms with Crippen LogP contribution < -0.4 is 0 Å². The highest BCUT2D eigenvalue weighted by atomic mass is 32.2. The van der Waals surface area contributed by atoms with Crippen LogP contribution in [0.5, 0.6) is 0 Å². The molecule has 0 aromatic heterocycles. The highest BCUT2D eigenvalue weighted by Crippen LogP contribution is 2.10. The maximum Gasteiger partial charge on any atom is 0.307 e. The summed E-state index contributed by atoms with van der Waals surface area (Å²) in [6.07, 6.45) is 0.205. The average molecular weight is 192 g/mol. The molecule has 0 aliphatic rings. The number of rotatable bonds is 6. The zero-order valence-electron chi connectivity index (χ0n) is 7.74. The van der Waals surface area contributed by atoms with Crippen molar-refractivity contribution in [2.24, 2.45) is 5.92 Å². The Kier molecular flexibility index (Phi) is 6.20. The second-order valence-corrected chi connectivity index (χ2v) is 3.90. The normalized spacial score (nSPS) is 15.6. The standard InChI is InChI=1S/C8H16O3S/c1-6(8(9)10)4-12-5-7(2)11-3/h6-7H,4-5H2,1-3H3,(H,9,10). The third-order valence-electron chi connectivity index (χ3n) is 1.54. The molecule has 0 aliphatic carbocycles. The highest BCUT2D eigenvalue weighted by Gasteiger charge is 2.10.